The lowest BCUT2D eigenvalue weighted by molar-refractivity contribution is -0.612. The van der Waals surface area contributed by atoms with Crippen molar-refractivity contribution in [2.75, 3.05) is 31.2 Å². The van der Waals surface area contributed by atoms with Crippen LogP contribution in [-0.2, 0) is 4.74 Å². The number of nitrogens with zero attached hydrogens (tertiary/aromatic N) is 2. The molecule has 0 spiro atoms. The molecule has 2 rings (SSSR count). The van der Waals surface area contributed by atoms with Crippen LogP contribution in [0.25, 0.3) is 0 Å². The molecule has 1 aliphatic rings. The normalized spacial score (nSPS) is 16.8. The predicted molar refractivity (Wildman–Crippen MR) is 57.9 cm³/mol. The Balaban J connectivity index is 2.31. The quantitative estimate of drug-likeness (QED) is 0.505. The Morgan fingerprint density at radius 3 is 2.67 bits per heavy atom. The van der Waals surface area contributed by atoms with Gasteiger partial charge in [-0.05, 0) is 6.92 Å². The Kier molecular flexibility index (Phi) is 2.77. The van der Waals surface area contributed by atoms with Crippen LogP contribution in [0, 0.1) is 19.1 Å². The molecule has 0 bridgehead atoms. The monoisotopic (exact) mass is 208 g/mol. The number of aromatic nitrogens is 1. The maximum absolute atomic E-state index is 11.3. The number of morpholine rings is 1. The number of ether oxygens (including phenoxy) is 1. The highest BCUT2D eigenvalue weighted by Crippen LogP contribution is 2.21. The summed E-state index contributed by atoms with van der Waals surface area (Å²) in [7, 11) is 0. The summed E-state index contributed by atoms with van der Waals surface area (Å²) in [6.07, 6.45) is 1.58. The molecule has 2 heterocycles. The van der Waals surface area contributed by atoms with Crippen molar-refractivity contribution >= 4 is 5.69 Å². The molecule has 1 fully saturated rings. The maximum Gasteiger partial charge on any atom is 0.194 e. The second-order valence-corrected chi connectivity index (χ2v) is 3.84. The van der Waals surface area contributed by atoms with Crippen LogP contribution in [0.1, 0.15) is 11.3 Å². The Bertz CT molecular complexity index is 360. The van der Waals surface area contributed by atoms with E-state index in [1.165, 1.54) is 0 Å². The third kappa shape index (κ3) is 1.90. The molecule has 1 aromatic heterocycles. The lowest BCUT2D eigenvalue weighted by Gasteiger charge is -2.29. The van der Waals surface area contributed by atoms with Crippen LogP contribution in [0.15, 0.2) is 12.3 Å². The Labute approximate surface area is 89.7 Å². The summed E-state index contributed by atoms with van der Waals surface area (Å²) in [5.41, 5.74) is 3.00. The minimum Gasteiger partial charge on any atom is -0.619 e. The molecule has 0 radical (unpaired) electrons. The summed E-state index contributed by atoms with van der Waals surface area (Å²) in [5.74, 6) is 0. The van der Waals surface area contributed by atoms with Crippen LogP contribution in [0.3, 0.4) is 0 Å². The first-order chi connectivity index (χ1) is 7.20. The first-order valence-electron chi connectivity index (χ1n) is 5.22. The molecule has 0 aliphatic carbocycles. The summed E-state index contributed by atoms with van der Waals surface area (Å²) in [6, 6.07) is 1.89. The zero-order chi connectivity index (χ0) is 10.8. The van der Waals surface area contributed by atoms with Crippen molar-refractivity contribution in [2.24, 2.45) is 0 Å². The van der Waals surface area contributed by atoms with Crippen LogP contribution in [0.2, 0.25) is 0 Å². The SMILES string of the molecule is Cc1c(N2CCOCC2)cc[n+]([O-])c1C. The van der Waals surface area contributed by atoms with Gasteiger partial charge in [-0.3, -0.25) is 0 Å². The molecule has 0 aromatic carbocycles. The van der Waals surface area contributed by atoms with Crippen molar-refractivity contribution in [1.29, 1.82) is 0 Å². The minimum atomic E-state index is 0.769. The standard InChI is InChI=1S/C11H16N2O2/c1-9-10(2)13(14)4-3-11(9)12-5-7-15-8-6-12/h3-4H,5-8H2,1-2H3. The molecular weight excluding hydrogens is 192 g/mol. The topological polar surface area (TPSA) is 39.4 Å². The van der Waals surface area contributed by atoms with Crippen LogP contribution in [0.5, 0.6) is 0 Å². The van der Waals surface area contributed by atoms with E-state index in [1.54, 1.807) is 6.20 Å². The van der Waals surface area contributed by atoms with Crippen LogP contribution < -0.4 is 9.63 Å². The highest BCUT2D eigenvalue weighted by molar-refractivity contribution is 5.53. The minimum absolute atomic E-state index is 0.769. The van der Waals surface area contributed by atoms with E-state index in [1.807, 2.05) is 19.9 Å². The Morgan fingerprint density at radius 1 is 1.33 bits per heavy atom. The van der Waals surface area contributed by atoms with E-state index in [0.29, 0.717) is 0 Å². The molecule has 0 saturated carbocycles. The summed E-state index contributed by atoms with van der Waals surface area (Å²) in [5, 5.41) is 11.3. The second-order valence-electron chi connectivity index (χ2n) is 3.84. The molecule has 15 heavy (non-hydrogen) atoms. The lowest BCUT2D eigenvalue weighted by atomic mass is 10.1. The van der Waals surface area contributed by atoms with Crippen molar-refractivity contribution in [2.45, 2.75) is 13.8 Å². The summed E-state index contributed by atoms with van der Waals surface area (Å²) in [6.45, 7) is 7.20. The number of anilines is 1. The van der Waals surface area contributed by atoms with Gasteiger partial charge >= 0.3 is 0 Å². The van der Waals surface area contributed by atoms with E-state index in [-0.39, 0.29) is 0 Å². The number of hydrogen-bond donors (Lipinski definition) is 0. The van der Waals surface area contributed by atoms with Crippen molar-refractivity contribution in [3.8, 4) is 0 Å². The van der Waals surface area contributed by atoms with E-state index < -0.39 is 0 Å². The van der Waals surface area contributed by atoms with Gasteiger partial charge in [0.15, 0.2) is 11.9 Å². The van der Waals surface area contributed by atoms with E-state index in [9.17, 15) is 5.21 Å². The van der Waals surface area contributed by atoms with Gasteiger partial charge in [0.1, 0.15) is 0 Å². The lowest BCUT2D eigenvalue weighted by Crippen LogP contribution is -2.38. The first kappa shape index (κ1) is 10.2. The van der Waals surface area contributed by atoms with Crippen molar-refractivity contribution in [3.05, 3.63) is 28.7 Å². The first-order valence-corrected chi connectivity index (χ1v) is 5.22. The molecule has 1 saturated heterocycles. The third-order valence-corrected chi connectivity index (χ3v) is 2.98. The van der Waals surface area contributed by atoms with E-state index in [0.717, 1.165) is 48.0 Å². The Hall–Kier alpha value is -1.29. The largest absolute Gasteiger partial charge is 0.619 e. The molecule has 4 nitrogen and oxygen atoms in total. The van der Waals surface area contributed by atoms with Crippen molar-refractivity contribution in [3.63, 3.8) is 0 Å². The highest BCUT2D eigenvalue weighted by atomic mass is 16.5. The van der Waals surface area contributed by atoms with Crippen LogP contribution in [0.4, 0.5) is 5.69 Å². The maximum atomic E-state index is 11.3. The Morgan fingerprint density at radius 2 is 2.00 bits per heavy atom. The van der Waals surface area contributed by atoms with Gasteiger partial charge in [-0.15, -0.1) is 0 Å². The van der Waals surface area contributed by atoms with E-state index in [2.05, 4.69) is 4.90 Å². The predicted octanol–water partition coefficient (Wildman–Crippen LogP) is 0.773. The summed E-state index contributed by atoms with van der Waals surface area (Å²) < 4.78 is 6.22. The highest BCUT2D eigenvalue weighted by Gasteiger charge is 2.17. The fraction of sp³-hybridized carbons (Fsp3) is 0.545. The zero-order valence-electron chi connectivity index (χ0n) is 9.19. The number of pyridine rings is 1. The molecule has 0 atom stereocenters. The van der Waals surface area contributed by atoms with Crippen molar-refractivity contribution < 1.29 is 9.47 Å². The molecule has 1 aliphatic heterocycles. The molecule has 4 heteroatoms. The molecule has 1 aromatic rings. The van der Waals surface area contributed by atoms with Gasteiger partial charge in [0, 0.05) is 31.6 Å². The van der Waals surface area contributed by atoms with Gasteiger partial charge in [0.05, 0.1) is 18.9 Å². The van der Waals surface area contributed by atoms with E-state index >= 15 is 0 Å². The molecule has 0 amide bonds. The van der Waals surface area contributed by atoms with Crippen LogP contribution in [-0.4, -0.2) is 26.3 Å². The number of hydrogen-bond acceptors (Lipinski definition) is 3. The van der Waals surface area contributed by atoms with Gasteiger partial charge < -0.3 is 14.8 Å². The number of rotatable bonds is 1. The van der Waals surface area contributed by atoms with Gasteiger partial charge in [-0.2, -0.15) is 4.73 Å². The molecule has 0 unspecified atom stereocenters. The molecular formula is C11H16N2O2. The van der Waals surface area contributed by atoms with Gasteiger partial charge in [0.25, 0.3) is 0 Å². The summed E-state index contributed by atoms with van der Waals surface area (Å²) in [4.78, 5) is 2.27. The average molecular weight is 208 g/mol. The third-order valence-electron chi connectivity index (χ3n) is 2.98. The average Bonchev–Trinajstić information content (AvgIpc) is 2.27. The van der Waals surface area contributed by atoms with Gasteiger partial charge in [-0.1, -0.05) is 0 Å². The van der Waals surface area contributed by atoms with E-state index in [4.69, 9.17) is 4.74 Å². The zero-order valence-corrected chi connectivity index (χ0v) is 9.19. The second kappa shape index (κ2) is 4.06. The smallest absolute Gasteiger partial charge is 0.194 e. The van der Waals surface area contributed by atoms with Gasteiger partial charge in [-0.25, -0.2) is 0 Å². The van der Waals surface area contributed by atoms with Crippen molar-refractivity contribution in [1.82, 2.24) is 0 Å². The summed E-state index contributed by atoms with van der Waals surface area (Å²) >= 11 is 0. The fourth-order valence-corrected chi connectivity index (χ4v) is 1.87. The molecule has 82 valence electrons. The molecule has 0 N–H and O–H groups in total. The van der Waals surface area contributed by atoms with Crippen LogP contribution >= 0.6 is 0 Å². The van der Waals surface area contributed by atoms with Gasteiger partial charge in [0.2, 0.25) is 0 Å². The fourth-order valence-electron chi connectivity index (χ4n) is 1.87.